The molecule has 0 aliphatic rings. The van der Waals surface area contributed by atoms with E-state index in [1.54, 1.807) is 6.20 Å². The highest BCUT2D eigenvalue weighted by molar-refractivity contribution is 5.89. The van der Waals surface area contributed by atoms with Gasteiger partial charge in [0.2, 0.25) is 0 Å². The van der Waals surface area contributed by atoms with Gasteiger partial charge >= 0.3 is 0 Å². The summed E-state index contributed by atoms with van der Waals surface area (Å²) in [5.74, 6) is 0. The van der Waals surface area contributed by atoms with E-state index in [0.29, 0.717) is 0 Å². The molecule has 2 aromatic heterocycles. The molecule has 1 atom stereocenters. The molecule has 2 heterocycles. The van der Waals surface area contributed by atoms with Crippen LogP contribution in [0.2, 0.25) is 0 Å². The minimum absolute atomic E-state index is 0.0678. The number of nitrogens with two attached hydrogens (primary N) is 1. The molecule has 1 aromatic carbocycles. The standard InChI is InChI=1S/C16H19N5/c1-3-13(17)16-14(4-2)21(20-19-16)15-7-5-6-11-8-9-18-10-12(11)15/h5-10,13H,3-4,17H2,1-2H3. The third kappa shape index (κ3) is 2.29. The molecule has 21 heavy (non-hydrogen) atoms. The minimum Gasteiger partial charge on any atom is -0.323 e. The molecule has 5 heteroatoms. The lowest BCUT2D eigenvalue weighted by atomic mass is 10.1. The molecule has 108 valence electrons. The summed E-state index contributed by atoms with van der Waals surface area (Å²) in [7, 11) is 0. The first-order valence-corrected chi connectivity index (χ1v) is 7.29. The highest BCUT2D eigenvalue weighted by Gasteiger charge is 2.18. The van der Waals surface area contributed by atoms with Crippen molar-refractivity contribution in [1.29, 1.82) is 0 Å². The molecule has 0 fully saturated rings. The summed E-state index contributed by atoms with van der Waals surface area (Å²) in [5, 5.41) is 10.8. The van der Waals surface area contributed by atoms with Crippen LogP contribution in [-0.2, 0) is 6.42 Å². The zero-order chi connectivity index (χ0) is 14.8. The van der Waals surface area contributed by atoms with Gasteiger partial charge in [-0.2, -0.15) is 0 Å². The second-order valence-electron chi connectivity index (χ2n) is 5.08. The fourth-order valence-electron chi connectivity index (χ4n) is 2.60. The number of hydrogen-bond donors (Lipinski definition) is 1. The predicted octanol–water partition coefficient (Wildman–Crippen LogP) is 2.79. The number of benzene rings is 1. The molecule has 5 nitrogen and oxygen atoms in total. The Balaban J connectivity index is 2.22. The summed E-state index contributed by atoms with van der Waals surface area (Å²) in [6.07, 6.45) is 5.35. The van der Waals surface area contributed by atoms with Crippen LogP contribution in [0.5, 0.6) is 0 Å². The van der Waals surface area contributed by atoms with E-state index in [1.807, 2.05) is 29.1 Å². The normalized spacial score (nSPS) is 12.7. The summed E-state index contributed by atoms with van der Waals surface area (Å²) in [6, 6.07) is 8.07. The maximum absolute atomic E-state index is 6.15. The van der Waals surface area contributed by atoms with Crippen LogP contribution in [-0.4, -0.2) is 20.0 Å². The van der Waals surface area contributed by atoms with E-state index in [9.17, 15) is 0 Å². The molecule has 0 spiro atoms. The fraction of sp³-hybridized carbons (Fsp3) is 0.312. The van der Waals surface area contributed by atoms with Crippen molar-refractivity contribution in [3.8, 4) is 5.69 Å². The average Bonchev–Trinajstić information content (AvgIpc) is 2.97. The molecule has 2 N–H and O–H groups in total. The maximum atomic E-state index is 6.15. The van der Waals surface area contributed by atoms with Crippen LogP contribution in [0.1, 0.15) is 37.7 Å². The smallest absolute Gasteiger partial charge is 0.103 e. The monoisotopic (exact) mass is 281 g/mol. The molecule has 0 saturated heterocycles. The Kier molecular flexibility index (Phi) is 3.66. The van der Waals surface area contributed by atoms with Crippen molar-refractivity contribution < 1.29 is 0 Å². The second kappa shape index (κ2) is 5.61. The Morgan fingerprint density at radius 1 is 1.24 bits per heavy atom. The quantitative estimate of drug-likeness (QED) is 0.798. The summed E-state index contributed by atoms with van der Waals surface area (Å²) >= 11 is 0. The number of fused-ring (bicyclic) bond motifs is 1. The number of rotatable bonds is 4. The molecule has 0 aliphatic heterocycles. The molecule has 0 aliphatic carbocycles. The molecular formula is C16H19N5. The Bertz CT molecular complexity index is 757. The zero-order valence-electron chi connectivity index (χ0n) is 12.3. The van der Waals surface area contributed by atoms with E-state index in [4.69, 9.17) is 5.73 Å². The van der Waals surface area contributed by atoms with Crippen molar-refractivity contribution in [3.63, 3.8) is 0 Å². The number of hydrogen-bond acceptors (Lipinski definition) is 4. The van der Waals surface area contributed by atoms with E-state index >= 15 is 0 Å². The molecule has 3 aromatic rings. The van der Waals surface area contributed by atoms with Gasteiger partial charge in [-0.25, -0.2) is 4.68 Å². The van der Waals surface area contributed by atoms with Gasteiger partial charge in [0.1, 0.15) is 5.69 Å². The molecular weight excluding hydrogens is 262 g/mol. The summed E-state index contributed by atoms with van der Waals surface area (Å²) < 4.78 is 1.90. The van der Waals surface area contributed by atoms with Crippen LogP contribution in [0.4, 0.5) is 0 Å². The molecule has 0 radical (unpaired) electrons. The van der Waals surface area contributed by atoms with E-state index in [2.05, 4.69) is 35.2 Å². The lowest BCUT2D eigenvalue weighted by Gasteiger charge is -2.11. The van der Waals surface area contributed by atoms with Crippen LogP contribution in [0.3, 0.4) is 0 Å². The average molecular weight is 281 g/mol. The van der Waals surface area contributed by atoms with Crippen molar-refractivity contribution in [1.82, 2.24) is 20.0 Å². The van der Waals surface area contributed by atoms with Crippen molar-refractivity contribution >= 4 is 10.8 Å². The van der Waals surface area contributed by atoms with Crippen LogP contribution in [0, 0.1) is 0 Å². The Morgan fingerprint density at radius 2 is 2.10 bits per heavy atom. The number of aromatic nitrogens is 4. The third-order valence-corrected chi connectivity index (χ3v) is 3.81. The molecule has 0 saturated carbocycles. The first-order chi connectivity index (χ1) is 10.3. The van der Waals surface area contributed by atoms with Crippen molar-refractivity contribution in [2.45, 2.75) is 32.7 Å². The Morgan fingerprint density at radius 3 is 2.86 bits per heavy atom. The van der Waals surface area contributed by atoms with Crippen LogP contribution < -0.4 is 5.73 Å². The molecule has 0 bridgehead atoms. The van der Waals surface area contributed by atoms with Crippen molar-refractivity contribution in [2.24, 2.45) is 5.73 Å². The largest absolute Gasteiger partial charge is 0.323 e. The van der Waals surface area contributed by atoms with Crippen LogP contribution in [0.25, 0.3) is 16.5 Å². The van der Waals surface area contributed by atoms with Gasteiger partial charge in [0.15, 0.2) is 0 Å². The van der Waals surface area contributed by atoms with E-state index < -0.39 is 0 Å². The Hall–Kier alpha value is -2.27. The predicted molar refractivity (Wildman–Crippen MR) is 83.3 cm³/mol. The minimum atomic E-state index is -0.0678. The molecule has 3 rings (SSSR count). The SMILES string of the molecule is CCc1c(C(N)CC)nnn1-c1cccc2ccncc12. The van der Waals surface area contributed by atoms with E-state index in [-0.39, 0.29) is 6.04 Å². The highest BCUT2D eigenvalue weighted by atomic mass is 15.4. The molecule has 0 amide bonds. The second-order valence-corrected chi connectivity index (χ2v) is 5.08. The number of nitrogens with zero attached hydrogens (tertiary/aromatic N) is 4. The first-order valence-electron chi connectivity index (χ1n) is 7.29. The van der Waals surface area contributed by atoms with Crippen LogP contribution >= 0.6 is 0 Å². The van der Waals surface area contributed by atoms with E-state index in [1.165, 1.54) is 0 Å². The van der Waals surface area contributed by atoms with Crippen LogP contribution in [0.15, 0.2) is 36.7 Å². The Labute approximate surface area is 123 Å². The fourth-order valence-corrected chi connectivity index (χ4v) is 2.60. The van der Waals surface area contributed by atoms with Gasteiger partial charge in [0.25, 0.3) is 0 Å². The summed E-state index contributed by atoms with van der Waals surface area (Å²) in [4.78, 5) is 4.23. The van der Waals surface area contributed by atoms with Crippen molar-refractivity contribution in [2.75, 3.05) is 0 Å². The van der Waals surface area contributed by atoms with Gasteiger partial charge in [-0.05, 0) is 30.4 Å². The maximum Gasteiger partial charge on any atom is 0.103 e. The molecule has 1 unspecified atom stereocenters. The van der Waals surface area contributed by atoms with Gasteiger partial charge in [-0.3, -0.25) is 4.98 Å². The van der Waals surface area contributed by atoms with Crippen molar-refractivity contribution in [3.05, 3.63) is 48.0 Å². The first kappa shape index (κ1) is 13.7. The highest BCUT2D eigenvalue weighted by Crippen LogP contribution is 2.25. The van der Waals surface area contributed by atoms with E-state index in [0.717, 1.165) is 40.7 Å². The lowest BCUT2D eigenvalue weighted by Crippen LogP contribution is -2.12. The van der Waals surface area contributed by atoms with Gasteiger partial charge < -0.3 is 5.73 Å². The zero-order valence-corrected chi connectivity index (χ0v) is 12.3. The van der Waals surface area contributed by atoms with Gasteiger partial charge in [-0.1, -0.05) is 31.2 Å². The van der Waals surface area contributed by atoms with Gasteiger partial charge in [0, 0.05) is 17.8 Å². The number of pyridine rings is 1. The topological polar surface area (TPSA) is 69.6 Å². The lowest BCUT2D eigenvalue weighted by molar-refractivity contribution is 0.665. The summed E-state index contributed by atoms with van der Waals surface area (Å²) in [5.41, 5.74) is 9.11. The third-order valence-electron chi connectivity index (χ3n) is 3.81. The summed E-state index contributed by atoms with van der Waals surface area (Å²) in [6.45, 7) is 4.16. The van der Waals surface area contributed by atoms with Gasteiger partial charge in [0.05, 0.1) is 17.4 Å². The van der Waals surface area contributed by atoms with Gasteiger partial charge in [-0.15, -0.1) is 5.10 Å².